The molecular formula is C25H18F3N5O3S. The Morgan fingerprint density at radius 3 is 2.43 bits per heavy atom. The maximum Gasteiger partial charge on any atom is 0.446 e. The van der Waals surface area contributed by atoms with Crippen molar-refractivity contribution in [2.45, 2.75) is 23.6 Å². The zero-order valence-corrected chi connectivity index (χ0v) is 19.8. The van der Waals surface area contributed by atoms with Crippen LogP contribution in [0.5, 0.6) is 5.75 Å². The van der Waals surface area contributed by atoms with E-state index in [9.17, 15) is 13.2 Å². The smallest absolute Gasteiger partial charge is 0.446 e. The van der Waals surface area contributed by atoms with Gasteiger partial charge in [-0.1, -0.05) is 17.3 Å². The molecule has 3 aromatic heterocycles. The van der Waals surface area contributed by atoms with Crippen molar-refractivity contribution >= 4 is 23.9 Å². The van der Waals surface area contributed by atoms with Crippen LogP contribution in [-0.2, 0) is 13.2 Å². The molecule has 0 unspecified atom stereocenters. The summed E-state index contributed by atoms with van der Waals surface area (Å²) < 4.78 is 55.7. The third-order valence-electron chi connectivity index (χ3n) is 4.94. The summed E-state index contributed by atoms with van der Waals surface area (Å²) in [4.78, 5) is 8.93. The second-order valence-electron chi connectivity index (χ2n) is 7.68. The fourth-order valence-electron chi connectivity index (χ4n) is 3.26. The Hall–Kier alpha value is -4.32. The van der Waals surface area contributed by atoms with Crippen molar-refractivity contribution in [1.29, 1.82) is 0 Å². The average molecular weight is 526 g/mol. The molecule has 0 atom stereocenters. The predicted molar refractivity (Wildman–Crippen MR) is 129 cm³/mol. The van der Waals surface area contributed by atoms with Crippen molar-refractivity contribution in [2.24, 2.45) is 0 Å². The first-order valence-electron chi connectivity index (χ1n) is 10.9. The number of hydrogen-bond acceptors (Lipinski definition) is 8. The summed E-state index contributed by atoms with van der Waals surface area (Å²) in [5.74, 6) is 1.48. The van der Waals surface area contributed by atoms with E-state index in [0.717, 1.165) is 16.8 Å². The van der Waals surface area contributed by atoms with Gasteiger partial charge in [0.05, 0.1) is 12.7 Å². The van der Waals surface area contributed by atoms with Crippen LogP contribution >= 0.6 is 11.8 Å². The standard InChI is InChI=1S/C25H18F3N5O3S/c26-25(27,28)37-22-8-1-17(2-9-22)3-10-23-30-20(16-35-23)15-34-21-6-4-18(5-7-21)24-31-19(14-36-24)13-33-12-11-29-32-33/h1-12,14,16H,13,15H2/b10-3+. The van der Waals surface area contributed by atoms with Crippen molar-refractivity contribution in [2.75, 3.05) is 0 Å². The molecule has 0 fully saturated rings. The molecule has 2 aromatic carbocycles. The Morgan fingerprint density at radius 1 is 0.919 bits per heavy atom. The molecule has 0 amide bonds. The van der Waals surface area contributed by atoms with E-state index in [4.69, 9.17) is 13.6 Å². The number of halogens is 3. The van der Waals surface area contributed by atoms with Crippen LogP contribution < -0.4 is 4.74 Å². The van der Waals surface area contributed by atoms with E-state index in [0.29, 0.717) is 29.8 Å². The lowest BCUT2D eigenvalue weighted by molar-refractivity contribution is -0.0328. The van der Waals surface area contributed by atoms with Crippen LogP contribution in [-0.4, -0.2) is 30.5 Å². The van der Waals surface area contributed by atoms with Crippen LogP contribution in [0.1, 0.15) is 22.8 Å². The van der Waals surface area contributed by atoms with E-state index >= 15 is 0 Å². The topological polar surface area (TPSA) is 92.0 Å². The van der Waals surface area contributed by atoms with Gasteiger partial charge in [0, 0.05) is 22.7 Å². The van der Waals surface area contributed by atoms with E-state index < -0.39 is 5.51 Å². The molecule has 0 aliphatic carbocycles. The highest BCUT2D eigenvalue weighted by Gasteiger charge is 2.28. The van der Waals surface area contributed by atoms with Crippen LogP contribution in [0.25, 0.3) is 23.6 Å². The molecule has 0 radical (unpaired) electrons. The highest BCUT2D eigenvalue weighted by atomic mass is 32.2. The molecule has 8 nitrogen and oxygen atoms in total. The lowest BCUT2D eigenvalue weighted by atomic mass is 10.2. The minimum Gasteiger partial charge on any atom is -0.487 e. The quantitative estimate of drug-likeness (QED) is 0.206. The molecular weight excluding hydrogens is 507 g/mol. The van der Waals surface area contributed by atoms with Gasteiger partial charge in [-0.3, -0.25) is 0 Å². The summed E-state index contributed by atoms with van der Waals surface area (Å²) in [5, 5.41) is 7.67. The van der Waals surface area contributed by atoms with Crippen LogP contribution in [0.4, 0.5) is 13.2 Å². The first-order valence-corrected chi connectivity index (χ1v) is 11.7. The Labute approximate surface area is 212 Å². The van der Waals surface area contributed by atoms with Gasteiger partial charge in [0.2, 0.25) is 11.8 Å². The number of ether oxygens (including phenoxy) is 1. The highest BCUT2D eigenvalue weighted by molar-refractivity contribution is 8.00. The third-order valence-corrected chi connectivity index (χ3v) is 5.68. The van der Waals surface area contributed by atoms with Gasteiger partial charge >= 0.3 is 5.51 Å². The molecule has 0 spiro atoms. The summed E-state index contributed by atoms with van der Waals surface area (Å²) in [6.45, 7) is 0.661. The van der Waals surface area contributed by atoms with Gasteiger partial charge in [-0.15, -0.1) is 5.10 Å². The Bertz CT molecular complexity index is 1460. The Morgan fingerprint density at radius 2 is 1.70 bits per heavy atom. The first kappa shape index (κ1) is 24.4. The number of benzene rings is 2. The molecule has 0 bridgehead atoms. The fourth-order valence-corrected chi connectivity index (χ4v) is 3.80. The molecule has 0 saturated carbocycles. The molecule has 12 heteroatoms. The summed E-state index contributed by atoms with van der Waals surface area (Å²) >= 11 is -0.150. The highest BCUT2D eigenvalue weighted by Crippen LogP contribution is 2.36. The zero-order chi connectivity index (χ0) is 25.7. The predicted octanol–water partition coefficient (Wildman–Crippen LogP) is 6.33. The van der Waals surface area contributed by atoms with Gasteiger partial charge in [0.25, 0.3) is 0 Å². The summed E-state index contributed by atoms with van der Waals surface area (Å²) in [5.41, 5.74) is -1.47. The van der Waals surface area contributed by atoms with Crippen molar-refractivity contribution in [3.05, 3.63) is 96.3 Å². The maximum absolute atomic E-state index is 12.4. The Kier molecular flexibility index (Phi) is 7.08. The van der Waals surface area contributed by atoms with Gasteiger partial charge in [-0.2, -0.15) is 13.2 Å². The number of alkyl halides is 3. The third kappa shape index (κ3) is 6.88. The summed E-state index contributed by atoms with van der Waals surface area (Å²) in [6, 6.07) is 13.3. The molecule has 3 heterocycles. The normalized spacial score (nSPS) is 11.9. The van der Waals surface area contributed by atoms with Gasteiger partial charge in [-0.05, 0) is 59.8 Å². The average Bonchev–Trinajstić information content (AvgIpc) is 3.65. The summed E-state index contributed by atoms with van der Waals surface area (Å²) in [6.07, 6.45) is 9.76. The van der Waals surface area contributed by atoms with Crippen molar-refractivity contribution in [1.82, 2.24) is 25.0 Å². The van der Waals surface area contributed by atoms with Gasteiger partial charge in [0.15, 0.2) is 0 Å². The Balaban J connectivity index is 1.13. The largest absolute Gasteiger partial charge is 0.487 e. The molecule has 0 N–H and O–H groups in total. The minimum absolute atomic E-state index is 0.126. The second-order valence-corrected chi connectivity index (χ2v) is 8.82. The molecule has 0 saturated heterocycles. The molecule has 188 valence electrons. The minimum atomic E-state index is -4.31. The molecule has 0 aliphatic heterocycles. The van der Waals surface area contributed by atoms with E-state index in [1.54, 1.807) is 59.8 Å². The number of thioether (sulfide) groups is 1. The molecule has 0 aliphatic rings. The number of oxazole rings is 2. The van der Waals surface area contributed by atoms with E-state index in [2.05, 4.69) is 20.3 Å². The van der Waals surface area contributed by atoms with Crippen molar-refractivity contribution < 1.29 is 26.7 Å². The summed E-state index contributed by atoms with van der Waals surface area (Å²) in [7, 11) is 0. The fraction of sp³-hybridized carbons (Fsp3) is 0.120. The van der Waals surface area contributed by atoms with Gasteiger partial charge in [-0.25, -0.2) is 14.6 Å². The molecule has 5 rings (SSSR count). The van der Waals surface area contributed by atoms with Crippen LogP contribution in [0, 0.1) is 0 Å². The lowest BCUT2D eigenvalue weighted by Gasteiger charge is -2.05. The van der Waals surface area contributed by atoms with Crippen molar-refractivity contribution in [3.63, 3.8) is 0 Å². The second kappa shape index (κ2) is 10.7. The monoisotopic (exact) mass is 525 g/mol. The maximum atomic E-state index is 12.4. The number of aromatic nitrogens is 5. The SMILES string of the molecule is FC(F)(F)Sc1ccc(/C=C/c2nc(COc3ccc(-c4nc(Cn5ccnn5)co4)cc3)co2)cc1. The van der Waals surface area contributed by atoms with Crippen LogP contribution in [0.15, 0.2) is 87.2 Å². The van der Waals surface area contributed by atoms with Crippen LogP contribution in [0.3, 0.4) is 0 Å². The van der Waals surface area contributed by atoms with Crippen molar-refractivity contribution in [3.8, 4) is 17.2 Å². The number of nitrogens with zero attached hydrogens (tertiary/aromatic N) is 5. The lowest BCUT2D eigenvalue weighted by Crippen LogP contribution is -2.00. The molecule has 37 heavy (non-hydrogen) atoms. The first-order chi connectivity index (χ1) is 17.9. The van der Waals surface area contributed by atoms with E-state index in [1.807, 2.05) is 12.1 Å². The van der Waals surface area contributed by atoms with Crippen LogP contribution in [0.2, 0.25) is 0 Å². The van der Waals surface area contributed by atoms with E-state index in [1.165, 1.54) is 18.4 Å². The molecule has 5 aromatic rings. The van der Waals surface area contributed by atoms with Gasteiger partial charge in [0.1, 0.15) is 36.3 Å². The number of rotatable bonds is 9. The van der Waals surface area contributed by atoms with E-state index in [-0.39, 0.29) is 23.3 Å². The zero-order valence-electron chi connectivity index (χ0n) is 19.0. The number of hydrogen-bond donors (Lipinski definition) is 0. The van der Waals surface area contributed by atoms with Gasteiger partial charge < -0.3 is 13.6 Å².